The van der Waals surface area contributed by atoms with Crippen LogP contribution in [-0.4, -0.2) is 9.97 Å². The van der Waals surface area contributed by atoms with Gasteiger partial charge in [0.05, 0.1) is 22.3 Å². The van der Waals surface area contributed by atoms with Crippen LogP contribution in [-0.2, 0) is 0 Å². The lowest BCUT2D eigenvalue weighted by atomic mass is 9.95. The van der Waals surface area contributed by atoms with E-state index in [0.29, 0.717) is 27.5 Å². The van der Waals surface area contributed by atoms with Crippen LogP contribution < -0.4 is 5.32 Å². The van der Waals surface area contributed by atoms with E-state index < -0.39 is 0 Å². The van der Waals surface area contributed by atoms with E-state index in [1.54, 1.807) is 6.07 Å². The summed E-state index contributed by atoms with van der Waals surface area (Å²) in [5, 5.41) is 13.0. The number of allylic oxidation sites excluding steroid dienone is 1. The number of nitriles is 1. The van der Waals surface area contributed by atoms with E-state index in [2.05, 4.69) is 22.9 Å². The molecular weight excluding hydrogens is 384 g/mol. The van der Waals surface area contributed by atoms with Crippen molar-refractivity contribution in [2.45, 2.75) is 0 Å². The average molecular weight is 397 g/mol. The van der Waals surface area contributed by atoms with Crippen LogP contribution in [0.3, 0.4) is 0 Å². The number of pyridine rings is 1. The molecule has 0 unspecified atom stereocenters. The summed E-state index contributed by atoms with van der Waals surface area (Å²) in [6.45, 7) is 3.95. The fourth-order valence-corrected chi connectivity index (χ4v) is 3.66. The summed E-state index contributed by atoms with van der Waals surface area (Å²) in [7, 11) is 0. The number of hydrogen-bond acceptors (Lipinski definition) is 5. The first kappa shape index (κ1) is 17.2. The van der Waals surface area contributed by atoms with Gasteiger partial charge in [-0.05, 0) is 48.0 Å². The normalized spacial score (nSPS) is 12.5. The first-order chi connectivity index (χ1) is 14.1. The number of nitrogens with zero attached hydrogens (tertiary/aromatic N) is 3. The van der Waals surface area contributed by atoms with E-state index in [4.69, 9.17) is 21.0 Å². The summed E-state index contributed by atoms with van der Waals surface area (Å²) in [5.74, 6) is 0.713. The molecule has 0 saturated heterocycles. The number of nitrogens with one attached hydrogen (secondary N) is 1. The van der Waals surface area contributed by atoms with Gasteiger partial charge in [-0.3, -0.25) is 0 Å². The van der Waals surface area contributed by atoms with Gasteiger partial charge in [0.1, 0.15) is 11.3 Å². The summed E-state index contributed by atoms with van der Waals surface area (Å²) < 4.78 is 5.47. The molecule has 0 radical (unpaired) electrons. The second-order valence-corrected chi connectivity index (χ2v) is 7.06. The lowest BCUT2D eigenvalue weighted by Gasteiger charge is -2.18. The summed E-state index contributed by atoms with van der Waals surface area (Å²) >= 11 is 6.44. The molecule has 0 aliphatic carbocycles. The molecule has 0 spiro atoms. The zero-order valence-corrected chi connectivity index (χ0v) is 15.9. The Morgan fingerprint density at radius 3 is 2.86 bits per heavy atom. The van der Waals surface area contributed by atoms with Crippen molar-refractivity contribution in [3.05, 3.63) is 83.4 Å². The SMILES string of the molecule is C=C1C=Cc2cc(-c3cc(Cl)c4ncoc4c3)c(-c3cccc(C#N)c3)nc2N1. The van der Waals surface area contributed by atoms with Gasteiger partial charge in [-0.2, -0.15) is 5.26 Å². The lowest BCUT2D eigenvalue weighted by molar-refractivity contribution is 0.602. The minimum Gasteiger partial charge on any atom is -0.443 e. The van der Waals surface area contributed by atoms with Crippen molar-refractivity contribution >= 4 is 34.6 Å². The van der Waals surface area contributed by atoms with Gasteiger partial charge in [-0.15, -0.1) is 0 Å². The molecule has 0 amide bonds. The van der Waals surface area contributed by atoms with Gasteiger partial charge in [-0.1, -0.05) is 30.3 Å². The van der Waals surface area contributed by atoms with Gasteiger partial charge in [0.25, 0.3) is 0 Å². The van der Waals surface area contributed by atoms with Crippen molar-refractivity contribution in [2.24, 2.45) is 0 Å². The molecule has 3 heterocycles. The van der Waals surface area contributed by atoms with Crippen LogP contribution in [0.1, 0.15) is 11.1 Å². The van der Waals surface area contributed by atoms with E-state index in [0.717, 1.165) is 33.6 Å². The van der Waals surface area contributed by atoms with E-state index in [1.165, 1.54) is 6.39 Å². The maximum atomic E-state index is 9.31. The highest BCUT2D eigenvalue weighted by molar-refractivity contribution is 6.35. The second kappa shape index (κ2) is 6.62. The zero-order chi connectivity index (χ0) is 20.0. The highest BCUT2D eigenvalue weighted by Gasteiger charge is 2.18. The Balaban J connectivity index is 1.80. The van der Waals surface area contributed by atoms with Crippen LogP contribution in [0.15, 0.2) is 71.6 Å². The van der Waals surface area contributed by atoms with Gasteiger partial charge in [0, 0.05) is 22.4 Å². The third kappa shape index (κ3) is 2.96. The topological polar surface area (TPSA) is 74.7 Å². The molecule has 1 aliphatic rings. The molecule has 0 saturated carbocycles. The quantitative estimate of drug-likeness (QED) is 0.447. The number of hydrogen-bond donors (Lipinski definition) is 1. The number of oxazole rings is 1. The van der Waals surface area contributed by atoms with Crippen LogP contribution in [0.25, 0.3) is 39.6 Å². The number of benzene rings is 2. The Kier molecular flexibility index (Phi) is 3.94. The number of halogens is 1. The second-order valence-electron chi connectivity index (χ2n) is 6.66. The molecule has 2 aromatic carbocycles. The number of aromatic nitrogens is 2. The number of anilines is 1. The minimum absolute atomic E-state index is 0.503. The molecule has 6 heteroatoms. The largest absolute Gasteiger partial charge is 0.443 e. The summed E-state index contributed by atoms with van der Waals surface area (Å²) in [5.41, 5.74) is 6.76. The maximum Gasteiger partial charge on any atom is 0.182 e. The molecule has 0 bridgehead atoms. The van der Waals surface area contributed by atoms with Crippen LogP contribution in [0.5, 0.6) is 0 Å². The molecule has 5 nitrogen and oxygen atoms in total. The van der Waals surface area contributed by atoms with Gasteiger partial charge in [0.2, 0.25) is 0 Å². The predicted octanol–water partition coefficient (Wildman–Crippen LogP) is 6.03. The lowest BCUT2D eigenvalue weighted by Crippen LogP contribution is -2.06. The number of rotatable bonds is 2. The molecule has 1 N–H and O–H groups in total. The highest BCUT2D eigenvalue weighted by atomic mass is 35.5. The van der Waals surface area contributed by atoms with Gasteiger partial charge in [0.15, 0.2) is 12.0 Å². The van der Waals surface area contributed by atoms with Crippen LogP contribution >= 0.6 is 11.6 Å². The van der Waals surface area contributed by atoms with Crippen molar-refractivity contribution in [1.29, 1.82) is 5.26 Å². The fourth-order valence-electron chi connectivity index (χ4n) is 3.40. The van der Waals surface area contributed by atoms with Crippen molar-refractivity contribution in [1.82, 2.24) is 9.97 Å². The molecule has 4 aromatic rings. The van der Waals surface area contributed by atoms with Crippen molar-refractivity contribution in [3.8, 4) is 28.5 Å². The Morgan fingerprint density at radius 1 is 1.10 bits per heavy atom. The summed E-state index contributed by atoms with van der Waals surface area (Å²) in [6.07, 6.45) is 5.24. The molecule has 0 atom stereocenters. The summed E-state index contributed by atoms with van der Waals surface area (Å²) in [4.78, 5) is 9.01. The molecule has 5 rings (SSSR count). The molecule has 2 aromatic heterocycles. The van der Waals surface area contributed by atoms with E-state index >= 15 is 0 Å². The molecule has 1 aliphatic heterocycles. The molecule has 138 valence electrons. The number of fused-ring (bicyclic) bond motifs is 2. The van der Waals surface area contributed by atoms with Gasteiger partial charge in [-0.25, -0.2) is 9.97 Å². The van der Waals surface area contributed by atoms with Crippen LogP contribution in [0, 0.1) is 11.3 Å². The zero-order valence-electron chi connectivity index (χ0n) is 15.1. The third-order valence-electron chi connectivity index (χ3n) is 4.76. The van der Waals surface area contributed by atoms with Gasteiger partial charge >= 0.3 is 0 Å². The van der Waals surface area contributed by atoms with E-state index in [9.17, 15) is 5.26 Å². The van der Waals surface area contributed by atoms with Crippen molar-refractivity contribution in [3.63, 3.8) is 0 Å². The average Bonchev–Trinajstić information content (AvgIpc) is 3.22. The van der Waals surface area contributed by atoms with Crippen molar-refractivity contribution < 1.29 is 4.42 Å². The summed E-state index contributed by atoms with van der Waals surface area (Å²) in [6, 6.07) is 15.3. The molecule has 29 heavy (non-hydrogen) atoms. The Bertz CT molecular complexity index is 1380. The van der Waals surface area contributed by atoms with Crippen molar-refractivity contribution in [2.75, 3.05) is 5.32 Å². The third-order valence-corrected chi connectivity index (χ3v) is 5.05. The Hall–Kier alpha value is -3.88. The minimum atomic E-state index is 0.503. The molecule has 0 fully saturated rings. The standard InChI is InChI=1S/C23H13ClN4O/c1-13-5-6-16-8-18(17-9-19(24)22-20(10-17)29-12-26-22)21(28-23(16)27-13)15-4-2-3-14(7-15)11-25/h2-10,12H,1H2,(H,27,28). The monoisotopic (exact) mass is 396 g/mol. The molecular formula is C23H13ClN4O. The Labute approximate surface area is 171 Å². The highest BCUT2D eigenvalue weighted by Crippen LogP contribution is 2.38. The van der Waals surface area contributed by atoms with Gasteiger partial charge < -0.3 is 9.73 Å². The van der Waals surface area contributed by atoms with E-state index in [-0.39, 0.29) is 0 Å². The van der Waals surface area contributed by atoms with Crippen LogP contribution in [0.2, 0.25) is 5.02 Å². The Morgan fingerprint density at radius 2 is 2.00 bits per heavy atom. The van der Waals surface area contributed by atoms with E-state index in [1.807, 2.05) is 48.6 Å². The van der Waals surface area contributed by atoms with Crippen LogP contribution in [0.4, 0.5) is 5.82 Å². The maximum absolute atomic E-state index is 9.31. The smallest absolute Gasteiger partial charge is 0.182 e. The predicted molar refractivity (Wildman–Crippen MR) is 114 cm³/mol. The first-order valence-electron chi connectivity index (χ1n) is 8.85. The first-order valence-corrected chi connectivity index (χ1v) is 9.23. The fraction of sp³-hybridized carbons (Fsp3) is 0.